The van der Waals surface area contributed by atoms with E-state index in [0.717, 1.165) is 27.6 Å². The Morgan fingerprint density at radius 1 is 1.26 bits per heavy atom. The summed E-state index contributed by atoms with van der Waals surface area (Å²) < 4.78 is 1.54. The molecule has 0 saturated heterocycles. The van der Waals surface area contributed by atoms with E-state index in [2.05, 4.69) is 41.0 Å². The second kappa shape index (κ2) is 7.03. The summed E-state index contributed by atoms with van der Waals surface area (Å²) in [6, 6.07) is 3.78. The fraction of sp³-hybridized carbons (Fsp3) is 0.188. The van der Waals surface area contributed by atoms with Crippen LogP contribution in [0.1, 0.15) is 26.9 Å². The number of nitrogens with zero attached hydrogens (tertiary/aromatic N) is 7. The summed E-state index contributed by atoms with van der Waals surface area (Å²) in [7, 11) is 0. The third-order valence-corrected chi connectivity index (χ3v) is 4.75. The number of aryl methyl sites for hydroxylation is 2. The molecule has 0 radical (unpaired) electrons. The van der Waals surface area contributed by atoms with Crippen molar-refractivity contribution in [3.05, 3.63) is 52.8 Å². The monoisotopic (exact) mass is 381 g/mol. The van der Waals surface area contributed by atoms with E-state index in [1.54, 1.807) is 23.3 Å². The third-order valence-electron chi connectivity index (χ3n) is 3.78. The van der Waals surface area contributed by atoms with Gasteiger partial charge in [-0.2, -0.15) is 5.10 Å². The molecule has 0 aliphatic heterocycles. The van der Waals surface area contributed by atoms with E-state index < -0.39 is 0 Å². The van der Waals surface area contributed by atoms with Gasteiger partial charge >= 0.3 is 0 Å². The van der Waals surface area contributed by atoms with Gasteiger partial charge in [-0.3, -0.25) is 14.9 Å². The van der Waals surface area contributed by atoms with Crippen molar-refractivity contribution < 1.29 is 4.79 Å². The molecule has 4 aromatic rings. The van der Waals surface area contributed by atoms with E-state index in [9.17, 15) is 4.79 Å². The molecule has 0 aliphatic carbocycles. The summed E-state index contributed by atoms with van der Waals surface area (Å²) in [5, 5.41) is 26.9. The van der Waals surface area contributed by atoms with Crippen molar-refractivity contribution in [1.29, 1.82) is 0 Å². The lowest BCUT2D eigenvalue weighted by atomic mass is 10.3. The topological polar surface area (TPSA) is 127 Å². The lowest BCUT2D eigenvalue weighted by Gasteiger charge is -2.04. The lowest BCUT2D eigenvalue weighted by molar-refractivity contribution is 0.0945. The highest BCUT2D eigenvalue weighted by Gasteiger charge is 2.14. The molecule has 136 valence electrons. The molecule has 4 aromatic heterocycles. The Kier molecular flexibility index (Phi) is 4.42. The molecule has 0 aromatic carbocycles. The van der Waals surface area contributed by atoms with Gasteiger partial charge in [0.05, 0.1) is 35.9 Å². The number of carbonyl (C=O) groups excluding carboxylic acids is 1. The van der Waals surface area contributed by atoms with Gasteiger partial charge in [0.2, 0.25) is 0 Å². The summed E-state index contributed by atoms with van der Waals surface area (Å²) in [6.45, 7) is 4.06. The van der Waals surface area contributed by atoms with Gasteiger partial charge in [-0.15, -0.1) is 15.3 Å². The first-order chi connectivity index (χ1) is 13.1. The Balaban J connectivity index is 1.43. The first-order valence-corrected chi connectivity index (χ1v) is 8.88. The van der Waals surface area contributed by atoms with Crippen molar-refractivity contribution in [2.75, 3.05) is 0 Å². The zero-order chi connectivity index (χ0) is 18.8. The van der Waals surface area contributed by atoms with Crippen LogP contribution in [-0.2, 0) is 6.54 Å². The molecule has 11 heteroatoms. The molecule has 4 rings (SSSR count). The SMILES string of the molecule is Cc1ccc(-n2cc(C(=O)NCc3nnc(-c4cn[nH]c4)s3)nn2)c(C)n1. The van der Waals surface area contributed by atoms with Gasteiger partial charge in [0, 0.05) is 11.9 Å². The molecule has 0 bridgehead atoms. The Morgan fingerprint density at radius 3 is 2.93 bits per heavy atom. The second-order valence-corrected chi connectivity index (χ2v) is 6.84. The maximum Gasteiger partial charge on any atom is 0.273 e. The maximum atomic E-state index is 12.3. The average Bonchev–Trinajstić information content (AvgIpc) is 3.39. The fourth-order valence-corrected chi connectivity index (χ4v) is 3.22. The first-order valence-electron chi connectivity index (χ1n) is 8.07. The number of rotatable bonds is 5. The van der Waals surface area contributed by atoms with Crippen LogP contribution in [0.25, 0.3) is 16.3 Å². The Hall–Kier alpha value is -3.47. The van der Waals surface area contributed by atoms with E-state index in [0.29, 0.717) is 5.01 Å². The highest BCUT2D eigenvalue weighted by Crippen LogP contribution is 2.21. The molecule has 10 nitrogen and oxygen atoms in total. The van der Waals surface area contributed by atoms with Crippen LogP contribution >= 0.6 is 11.3 Å². The Bertz CT molecular complexity index is 1080. The van der Waals surface area contributed by atoms with Crippen LogP contribution in [0.2, 0.25) is 0 Å². The molecule has 0 unspecified atom stereocenters. The highest BCUT2D eigenvalue weighted by atomic mass is 32.1. The summed E-state index contributed by atoms with van der Waals surface area (Å²) >= 11 is 1.39. The number of aromatic nitrogens is 8. The number of hydrogen-bond acceptors (Lipinski definition) is 8. The van der Waals surface area contributed by atoms with Crippen LogP contribution in [0.3, 0.4) is 0 Å². The van der Waals surface area contributed by atoms with Crippen molar-refractivity contribution in [2.24, 2.45) is 0 Å². The van der Waals surface area contributed by atoms with Crippen LogP contribution in [-0.4, -0.2) is 46.3 Å². The molecule has 2 N–H and O–H groups in total. The maximum absolute atomic E-state index is 12.3. The Morgan fingerprint density at radius 2 is 2.15 bits per heavy atom. The van der Waals surface area contributed by atoms with Crippen LogP contribution in [0.4, 0.5) is 0 Å². The van der Waals surface area contributed by atoms with E-state index in [-0.39, 0.29) is 18.1 Å². The van der Waals surface area contributed by atoms with Crippen molar-refractivity contribution in [1.82, 2.24) is 45.7 Å². The van der Waals surface area contributed by atoms with Crippen LogP contribution in [0.5, 0.6) is 0 Å². The van der Waals surface area contributed by atoms with Gasteiger partial charge in [-0.05, 0) is 26.0 Å². The normalized spacial score (nSPS) is 10.9. The lowest BCUT2D eigenvalue weighted by Crippen LogP contribution is -2.23. The Labute approximate surface area is 157 Å². The summed E-state index contributed by atoms with van der Waals surface area (Å²) in [4.78, 5) is 16.7. The number of H-pyrrole nitrogens is 1. The molecule has 0 fully saturated rings. The minimum atomic E-state index is -0.334. The molecule has 0 aliphatic rings. The summed E-state index contributed by atoms with van der Waals surface area (Å²) in [6.07, 6.45) is 4.98. The zero-order valence-electron chi connectivity index (χ0n) is 14.5. The molecular weight excluding hydrogens is 366 g/mol. The van der Waals surface area contributed by atoms with E-state index in [1.165, 1.54) is 11.3 Å². The summed E-state index contributed by atoms with van der Waals surface area (Å²) in [5.74, 6) is -0.334. The number of carbonyl (C=O) groups is 1. The quantitative estimate of drug-likeness (QED) is 0.535. The average molecular weight is 381 g/mol. The number of pyridine rings is 1. The smallest absolute Gasteiger partial charge is 0.273 e. The third kappa shape index (κ3) is 3.58. The van der Waals surface area contributed by atoms with Gasteiger partial charge in [0.25, 0.3) is 5.91 Å². The van der Waals surface area contributed by atoms with Gasteiger partial charge in [0.15, 0.2) is 10.7 Å². The largest absolute Gasteiger partial charge is 0.344 e. The van der Waals surface area contributed by atoms with E-state index >= 15 is 0 Å². The minimum Gasteiger partial charge on any atom is -0.344 e. The van der Waals surface area contributed by atoms with Gasteiger partial charge in [-0.1, -0.05) is 16.6 Å². The van der Waals surface area contributed by atoms with Crippen molar-refractivity contribution in [3.8, 4) is 16.3 Å². The summed E-state index contributed by atoms with van der Waals surface area (Å²) in [5.41, 5.74) is 3.58. The standard InChI is InChI=1S/C16H15N9OS/c1-9-3-4-13(10(2)20-9)25-8-12(21-24-25)15(26)17-7-14-22-23-16(27-14)11-5-18-19-6-11/h3-6,8H,7H2,1-2H3,(H,17,26)(H,18,19). The fourth-order valence-electron chi connectivity index (χ4n) is 2.46. The number of aromatic amines is 1. The number of nitrogens with one attached hydrogen (secondary N) is 2. The van der Waals surface area contributed by atoms with Gasteiger partial charge in [-0.25, -0.2) is 4.68 Å². The molecule has 0 atom stereocenters. The first kappa shape index (κ1) is 17.0. The van der Waals surface area contributed by atoms with E-state index in [4.69, 9.17) is 0 Å². The van der Waals surface area contributed by atoms with Gasteiger partial charge in [0.1, 0.15) is 5.01 Å². The predicted octanol–water partition coefficient (Wildman–Crippen LogP) is 1.45. The van der Waals surface area contributed by atoms with E-state index in [1.807, 2.05) is 26.0 Å². The number of hydrogen-bond donors (Lipinski definition) is 2. The zero-order valence-corrected chi connectivity index (χ0v) is 15.4. The molecule has 1 amide bonds. The van der Waals surface area contributed by atoms with Crippen molar-refractivity contribution in [3.63, 3.8) is 0 Å². The highest BCUT2D eigenvalue weighted by molar-refractivity contribution is 7.14. The van der Waals surface area contributed by atoms with Crippen LogP contribution in [0, 0.1) is 13.8 Å². The molecule has 0 saturated carbocycles. The molecule has 27 heavy (non-hydrogen) atoms. The predicted molar refractivity (Wildman–Crippen MR) is 97.3 cm³/mol. The number of amides is 1. The van der Waals surface area contributed by atoms with Crippen LogP contribution in [0.15, 0.2) is 30.7 Å². The van der Waals surface area contributed by atoms with Gasteiger partial charge < -0.3 is 5.32 Å². The van der Waals surface area contributed by atoms with Crippen molar-refractivity contribution in [2.45, 2.75) is 20.4 Å². The van der Waals surface area contributed by atoms with Crippen LogP contribution < -0.4 is 5.32 Å². The minimum absolute atomic E-state index is 0.217. The molecular formula is C16H15N9OS. The molecule has 0 spiro atoms. The molecule has 4 heterocycles. The second-order valence-electron chi connectivity index (χ2n) is 5.78. The van der Waals surface area contributed by atoms with Crippen molar-refractivity contribution >= 4 is 17.2 Å².